The van der Waals surface area contributed by atoms with E-state index in [0.29, 0.717) is 6.54 Å². The van der Waals surface area contributed by atoms with Crippen LogP contribution in [0.15, 0.2) is 24.3 Å². The summed E-state index contributed by atoms with van der Waals surface area (Å²) in [7, 11) is 0. The number of carboxylic acid groups (broad SMARTS) is 2. The summed E-state index contributed by atoms with van der Waals surface area (Å²) in [5.74, 6) is -3.76. The highest BCUT2D eigenvalue weighted by atomic mass is 19.1. The fourth-order valence-electron chi connectivity index (χ4n) is 1.36. The van der Waals surface area contributed by atoms with Crippen LogP contribution in [0, 0.1) is 5.82 Å². The van der Waals surface area contributed by atoms with Crippen LogP contribution in [0.3, 0.4) is 0 Å². The van der Waals surface area contributed by atoms with Gasteiger partial charge in [0.1, 0.15) is 5.82 Å². The van der Waals surface area contributed by atoms with E-state index in [0.717, 1.165) is 12.1 Å². The lowest BCUT2D eigenvalue weighted by molar-refractivity contribution is -0.159. The first-order valence-corrected chi connectivity index (χ1v) is 6.39. The van der Waals surface area contributed by atoms with Gasteiger partial charge in [0.2, 0.25) is 0 Å². The second-order valence-corrected chi connectivity index (χ2v) is 4.09. The van der Waals surface area contributed by atoms with Crippen molar-refractivity contribution < 1.29 is 24.2 Å². The van der Waals surface area contributed by atoms with Crippen LogP contribution >= 0.6 is 0 Å². The molecule has 0 aliphatic heterocycles. The minimum atomic E-state index is -1.82. The van der Waals surface area contributed by atoms with Gasteiger partial charge in [0.25, 0.3) is 0 Å². The number of hydrogen-bond acceptors (Lipinski definition) is 3. The molecule has 5 nitrogen and oxygen atoms in total. The van der Waals surface area contributed by atoms with E-state index in [1.54, 1.807) is 6.07 Å². The summed E-state index contributed by atoms with van der Waals surface area (Å²) in [6.07, 6.45) is 3.64. The molecule has 0 saturated carbocycles. The maximum absolute atomic E-state index is 13.1. The van der Waals surface area contributed by atoms with E-state index in [1.165, 1.54) is 25.3 Å². The lowest BCUT2D eigenvalue weighted by atomic mass is 10.2. The fourth-order valence-corrected chi connectivity index (χ4v) is 1.36. The summed E-state index contributed by atoms with van der Waals surface area (Å²) >= 11 is 0. The largest absolute Gasteiger partial charge is 0.473 e. The third-order valence-electron chi connectivity index (χ3n) is 2.41. The molecule has 0 unspecified atom stereocenters. The topological polar surface area (TPSA) is 86.6 Å². The molecule has 3 N–H and O–H groups in total. The van der Waals surface area contributed by atoms with Crippen LogP contribution in [0.5, 0.6) is 0 Å². The zero-order chi connectivity index (χ0) is 15.4. The maximum Gasteiger partial charge on any atom is 0.414 e. The van der Waals surface area contributed by atoms with Gasteiger partial charge in [-0.25, -0.2) is 14.0 Å². The molecule has 6 heteroatoms. The summed E-state index contributed by atoms with van der Waals surface area (Å²) in [6.45, 7) is 3.79. The Kier molecular flexibility index (Phi) is 9.86. The molecular formula is C14H20FNO4. The normalized spacial score (nSPS) is 9.50. The number of unbranched alkanes of at least 4 members (excludes halogenated alkanes) is 2. The number of rotatable bonds is 6. The Labute approximate surface area is 117 Å². The van der Waals surface area contributed by atoms with Crippen molar-refractivity contribution in [2.45, 2.75) is 32.7 Å². The molecule has 0 spiro atoms. The van der Waals surface area contributed by atoms with Crippen molar-refractivity contribution in [2.75, 3.05) is 6.54 Å². The maximum atomic E-state index is 13.1. The average molecular weight is 285 g/mol. The van der Waals surface area contributed by atoms with Crippen molar-refractivity contribution in [2.24, 2.45) is 0 Å². The second kappa shape index (κ2) is 10.9. The highest BCUT2D eigenvalue weighted by Gasteiger charge is 2.04. The lowest BCUT2D eigenvalue weighted by Crippen LogP contribution is -2.15. The van der Waals surface area contributed by atoms with Crippen LogP contribution in [0.2, 0.25) is 0 Å². The number of halogens is 1. The van der Waals surface area contributed by atoms with E-state index < -0.39 is 11.9 Å². The molecule has 0 saturated heterocycles. The van der Waals surface area contributed by atoms with E-state index >= 15 is 0 Å². The molecule has 1 aromatic rings. The second-order valence-electron chi connectivity index (χ2n) is 4.09. The zero-order valence-corrected chi connectivity index (χ0v) is 11.4. The van der Waals surface area contributed by atoms with E-state index in [-0.39, 0.29) is 5.82 Å². The molecule has 20 heavy (non-hydrogen) atoms. The molecule has 0 atom stereocenters. The third kappa shape index (κ3) is 9.04. The molecule has 0 bridgehead atoms. The van der Waals surface area contributed by atoms with Crippen LogP contribution in [-0.2, 0) is 16.1 Å². The monoisotopic (exact) mass is 285 g/mol. The van der Waals surface area contributed by atoms with Gasteiger partial charge >= 0.3 is 11.9 Å². The number of hydrogen-bond donors (Lipinski definition) is 3. The third-order valence-corrected chi connectivity index (χ3v) is 2.41. The fraction of sp³-hybridized carbons (Fsp3) is 0.429. The SMILES string of the molecule is CCCCCNCc1ccccc1F.O=C(O)C(=O)O. The molecule has 0 aromatic heterocycles. The Hall–Kier alpha value is -1.95. The van der Waals surface area contributed by atoms with Gasteiger partial charge in [0, 0.05) is 12.1 Å². The Morgan fingerprint density at radius 1 is 1.15 bits per heavy atom. The lowest BCUT2D eigenvalue weighted by Gasteiger charge is -2.04. The highest BCUT2D eigenvalue weighted by Crippen LogP contribution is 2.05. The van der Waals surface area contributed by atoms with Crippen LogP contribution in [0.1, 0.15) is 31.7 Å². The predicted octanol–water partition coefficient (Wildman–Crippen LogP) is 2.26. The van der Waals surface area contributed by atoms with Crippen molar-refractivity contribution in [3.8, 4) is 0 Å². The quantitative estimate of drug-likeness (QED) is 0.551. The van der Waals surface area contributed by atoms with E-state index in [1.807, 2.05) is 12.1 Å². The van der Waals surface area contributed by atoms with E-state index in [4.69, 9.17) is 19.8 Å². The standard InChI is InChI=1S/C12H18FN.C2H2O4/c1-2-3-6-9-14-10-11-7-4-5-8-12(11)13;3-1(4)2(5)6/h4-5,7-8,14H,2-3,6,9-10H2,1H3;(H,3,4)(H,5,6). The van der Waals surface area contributed by atoms with Crippen LogP contribution < -0.4 is 5.32 Å². The first-order valence-electron chi connectivity index (χ1n) is 6.39. The number of benzene rings is 1. The van der Waals surface area contributed by atoms with Gasteiger partial charge in [0.15, 0.2) is 0 Å². The molecule has 1 rings (SSSR count). The zero-order valence-electron chi connectivity index (χ0n) is 11.4. The minimum absolute atomic E-state index is 0.115. The number of carbonyl (C=O) groups is 2. The Morgan fingerprint density at radius 2 is 1.75 bits per heavy atom. The van der Waals surface area contributed by atoms with Crippen molar-refractivity contribution in [1.29, 1.82) is 0 Å². The summed E-state index contributed by atoms with van der Waals surface area (Å²) in [6, 6.07) is 6.91. The number of nitrogens with one attached hydrogen (secondary N) is 1. The van der Waals surface area contributed by atoms with Crippen molar-refractivity contribution in [1.82, 2.24) is 5.32 Å². The van der Waals surface area contributed by atoms with E-state index in [9.17, 15) is 4.39 Å². The molecular weight excluding hydrogens is 265 g/mol. The van der Waals surface area contributed by atoms with Crippen LogP contribution in [0.4, 0.5) is 4.39 Å². The first kappa shape index (κ1) is 18.0. The summed E-state index contributed by atoms with van der Waals surface area (Å²) < 4.78 is 13.1. The molecule has 0 aliphatic carbocycles. The molecule has 0 heterocycles. The van der Waals surface area contributed by atoms with Crippen molar-refractivity contribution in [3.05, 3.63) is 35.6 Å². The highest BCUT2D eigenvalue weighted by molar-refractivity contribution is 6.27. The summed E-state index contributed by atoms with van der Waals surface area (Å²) in [5, 5.41) is 18.0. The van der Waals surface area contributed by atoms with Crippen molar-refractivity contribution >= 4 is 11.9 Å². The summed E-state index contributed by atoms with van der Waals surface area (Å²) in [4.78, 5) is 18.2. The number of carboxylic acids is 2. The van der Waals surface area contributed by atoms with Crippen LogP contribution in [0.25, 0.3) is 0 Å². The van der Waals surface area contributed by atoms with Gasteiger partial charge in [-0.1, -0.05) is 38.0 Å². The molecule has 112 valence electrons. The Balaban J connectivity index is 0.000000511. The van der Waals surface area contributed by atoms with Gasteiger partial charge in [-0.15, -0.1) is 0 Å². The van der Waals surface area contributed by atoms with E-state index in [2.05, 4.69) is 12.2 Å². The average Bonchev–Trinajstić information content (AvgIpc) is 2.41. The van der Waals surface area contributed by atoms with Crippen molar-refractivity contribution in [3.63, 3.8) is 0 Å². The molecule has 0 aliphatic rings. The number of aliphatic carboxylic acids is 2. The van der Waals surface area contributed by atoms with Crippen LogP contribution in [-0.4, -0.2) is 28.7 Å². The Morgan fingerprint density at radius 3 is 2.25 bits per heavy atom. The van der Waals surface area contributed by atoms with Gasteiger partial charge in [-0.05, 0) is 19.0 Å². The molecule has 0 fully saturated rings. The van der Waals surface area contributed by atoms with Gasteiger partial charge in [0.05, 0.1) is 0 Å². The van der Waals surface area contributed by atoms with Gasteiger partial charge in [-0.2, -0.15) is 0 Å². The summed E-state index contributed by atoms with van der Waals surface area (Å²) in [5.41, 5.74) is 0.754. The first-order chi connectivity index (χ1) is 9.49. The molecule has 0 amide bonds. The predicted molar refractivity (Wildman–Crippen MR) is 72.9 cm³/mol. The van der Waals surface area contributed by atoms with Gasteiger partial charge < -0.3 is 15.5 Å². The van der Waals surface area contributed by atoms with Gasteiger partial charge in [-0.3, -0.25) is 0 Å². The molecule has 1 aromatic carbocycles. The molecule has 0 radical (unpaired) electrons. The smallest absolute Gasteiger partial charge is 0.414 e. The Bertz CT molecular complexity index is 411. The minimum Gasteiger partial charge on any atom is -0.473 e.